The van der Waals surface area contributed by atoms with Gasteiger partial charge in [-0.05, 0) is 0 Å². The number of alkyl halides is 1. The average Bonchev–Trinajstić information content (AvgIpc) is 2.50. The SMILES string of the molecule is FC1=C2C=CC(=C1F)C2F.O=[PH](O)O. The van der Waals surface area contributed by atoms with Crippen molar-refractivity contribution in [2.45, 2.75) is 6.17 Å². The van der Waals surface area contributed by atoms with E-state index in [-0.39, 0.29) is 11.1 Å². The Labute approximate surface area is 77.8 Å². The van der Waals surface area contributed by atoms with Gasteiger partial charge in [-0.3, -0.25) is 4.57 Å². The number of halogens is 3. The second-order valence-electron chi connectivity index (χ2n) is 2.52. The molecule has 0 radical (unpaired) electrons. The molecule has 0 unspecified atom stereocenters. The van der Waals surface area contributed by atoms with E-state index in [1.807, 2.05) is 0 Å². The zero-order chi connectivity index (χ0) is 10.9. The molecule has 0 aromatic carbocycles. The molecule has 7 heteroatoms. The Balaban J connectivity index is 0.000000213. The summed E-state index contributed by atoms with van der Waals surface area (Å²) in [5.41, 5.74) is -0.347. The van der Waals surface area contributed by atoms with Crippen LogP contribution in [0.5, 0.6) is 0 Å². The molecule has 0 aliphatic heterocycles. The molecule has 0 aromatic heterocycles. The predicted molar refractivity (Wildman–Crippen MR) is 43.7 cm³/mol. The van der Waals surface area contributed by atoms with Crippen LogP contribution in [-0.4, -0.2) is 16.0 Å². The summed E-state index contributed by atoms with van der Waals surface area (Å²) in [6.45, 7) is 0. The lowest BCUT2D eigenvalue weighted by Crippen LogP contribution is -1.93. The van der Waals surface area contributed by atoms with Crippen LogP contribution in [0.3, 0.4) is 0 Å². The van der Waals surface area contributed by atoms with Crippen molar-refractivity contribution in [3.05, 3.63) is 35.0 Å². The molecule has 2 aliphatic carbocycles. The lowest BCUT2D eigenvalue weighted by molar-refractivity contribution is 0.405. The summed E-state index contributed by atoms with van der Waals surface area (Å²) in [6, 6.07) is 0. The Hall–Kier alpha value is -0.840. The Morgan fingerprint density at radius 1 is 1.14 bits per heavy atom. The molecule has 2 aliphatic rings. The highest BCUT2D eigenvalue weighted by Crippen LogP contribution is 2.42. The van der Waals surface area contributed by atoms with Gasteiger partial charge < -0.3 is 9.79 Å². The van der Waals surface area contributed by atoms with Crippen LogP contribution in [0.4, 0.5) is 13.2 Å². The topological polar surface area (TPSA) is 57.5 Å². The van der Waals surface area contributed by atoms with E-state index in [2.05, 4.69) is 0 Å². The Morgan fingerprint density at radius 3 is 1.57 bits per heavy atom. The normalized spacial score (nSPS) is 19.6. The fourth-order valence-electron chi connectivity index (χ4n) is 1.14. The van der Waals surface area contributed by atoms with Gasteiger partial charge in [0.2, 0.25) is 0 Å². The van der Waals surface area contributed by atoms with Gasteiger partial charge in [0.25, 0.3) is 0 Å². The highest BCUT2D eigenvalue weighted by Gasteiger charge is 2.36. The largest absolute Gasteiger partial charge is 0.326 e. The predicted octanol–water partition coefficient (Wildman–Crippen LogP) is 1.72. The van der Waals surface area contributed by atoms with Gasteiger partial charge >= 0.3 is 8.25 Å². The van der Waals surface area contributed by atoms with Gasteiger partial charge in [-0.1, -0.05) is 12.2 Å². The summed E-state index contributed by atoms with van der Waals surface area (Å²) < 4.78 is 46.2. The van der Waals surface area contributed by atoms with Crippen molar-refractivity contribution >= 4 is 8.25 Å². The first-order chi connectivity index (χ1) is 6.45. The van der Waals surface area contributed by atoms with Crippen LogP contribution in [0.25, 0.3) is 0 Å². The average molecular weight is 226 g/mol. The van der Waals surface area contributed by atoms with Crippen LogP contribution in [0.2, 0.25) is 0 Å². The minimum atomic E-state index is -3.13. The third-order valence-corrected chi connectivity index (χ3v) is 1.69. The van der Waals surface area contributed by atoms with Gasteiger partial charge in [-0.25, -0.2) is 13.2 Å². The van der Waals surface area contributed by atoms with E-state index in [1.54, 1.807) is 0 Å². The van der Waals surface area contributed by atoms with Gasteiger partial charge in [0.15, 0.2) is 17.8 Å². The molecule has 0 saturated heterocycles. The first-order valence-corrected chi connectivity index (χ1v) is 4.79. The van der Waals surface area contributed by atoms with Crippen molar-refractivity contribution in [3.63, 3.8) is 0 Å². The molecular weight excluding hydrogens is 220 g/mol. The van der Waals surface area contributed by atoms with Crippen molar-refractivity contribution < 1.29 is 27.5 Å². The molecule has 2 rings (SSSR count). The maximum absolute atomic E-state index is 12.6. The highest BCUT2D eigenvalue weighted by atomic mass is 31.1. The van der Waals surface area contributed by atoms with E-state index in [9.17, 15) is 13.2 Å². The van der Waals surface area contributed by atoms with Crippen LogP contribution in [0.15, 0.2) is 35.0 Å². The van der Waals surface area contributed by atoms with Crippen LogP contribution in [0, 0.1) is 0 Å². The summed E-state index contributed by atoms with van der Waals surface area (Å²) >= 11 is 0. The molecular formula is C7H6F3O3P. The van der Waals surface area contributed by atoms with Gasteiger partial charge in [0.05, 0.1) is 0 Å². The first kappa shape index (κ1) is 11.2. The highest BCUT2D eigenvalue weighted by molar-refractivity contribution is 7.30. The summed E-state index contributed by atoms with van der Waals surface area (Å²) in [4.78, 5) is 14.3. The van der Waals surface area contributed by atoms with E-state index >= 15 is 0 Å². The zero-order valence-corrected chi connectivity index (χ0v) is 7.67. The second-order valence-corrected chi connectivity index (χ2v) is 3.08. The fraction of sp³-hybridized carbons (Fsp3) is 0.143. The van der Waals surface area contributed by atoms with Crippen LogP contribution >= 0.6 is 8.25 Å². The van der Waals surface area contributed by atoms with E-state index < -0.39 is 26.1 Å². The van der Waals surface area contributed by atoms with Gasteiger partial charge in [-0.2, -0.15) is 0 Å². The quantitative estimate of drug-likeness (QED) is 0.618. The molecule has 0 aromatic rings. The molecule has 0 heterocycles. The number of allylic oxidation sites excluding steroid dienone is 6. The summed E-state index contributed by atoms with van der Waals surface area (Å²) in [6.07, 6.45) is 0.969. The molecule has 2 N–H and O–H groups in total. The Kier molecular flexibility index (Phi) is 3.31. The van der Waals surface area contributed by atoms with Crippen LogP contribution in [0.1, 0.15) is 0 Å². The van der Waals surface area contributed by atoms with Crippen molar-refractivity contribution in [3.8, 4) is 0 Å². The summed E-state index contributed by atoms with van der Waals surface area (Å²) in [7, 11) is -3.13. The lowest BCUT2D eigenvalue weighted by atomic mass is 10.2. The summed E-state index contributed by atoms with van der Waals surface area (Å²) in [5.74, 6) is -2.07. The van der Waals surface area contributed by atoms with Gasteiger partial charge in [0.1, 0.15) is 0 Å². The zero-order valence-electron chi connectivity index (χ0n) is 6.67. The van der Waals surface area contributed by atoms with Crippen molar-refractivity contribution in [2.24, 2.45) is 0 Å². The van der Waals surface area contributed by atoms with Crippen molar-refractivity contribution in [1.29, 1.82) is 0 Å². The number of fused-ring (bicyclic) bond motifs is 2. The monoisotopic (exact) mass is 226 g/mol. The van der Waals surface area contributed by atoms with Gasteiger partial charge in [-0.15, -0.1) is 0 Å². The lowest BCUT2D eigenvalue weighted by Gasteiger charge is -1.91. The van der Waals surface area contributed by atoms with Gasteiger partial charge in [0, 0.05) is 11.1 Å². The molecule has 0 fully saturated rings. The molecule has 78 valence electrons. The third kappa shape index (κ3) is 1.97. The van der Waals surface area contributed by atoms with E-state index in [1.165, 1.54) is 12.2 Å². The smallest absolute Gasteiger partial charge is 0.314 e. The maximum Gasteiger partial charge on any atom is 0.314 e. The van der Waals surface area contributed by atoms with Crippen molar-refractivity contribution in [1.82, 2.24) is 0 Å². The molecule has 0 amide bonds. The fourth-order valence-corrected chi connectivity index (χ4v) is 1.14. The van der Waals surface area contributed by atoms with Crippen molar-refractivity contribution in [2.75, 3.05) is 0 Å². The minimum Gasteiger partial charge on any atom is -0.326 e. The van der Waals surface area contributed by atoms with Crippen LogP contribution in [-0.2, 0) is 4.57 Å². The Morgan fingerprint density at radius 2 is 1.43 bits per heavy atom. The van der Waals surface area contributed by atoms with E-state index in [0.29, 0.717) is 0 Å². The maximum atomic E-state index is 12.6. The second kappa shape index (κ2) is 4.13. The number of rotatable bonds is 0. The Bertz CT molecular complexity index is 335. The minimum absolute atomic E-state index is 0.174. The summed E-state index contributed by atoms with van der Waals surface area (Å²) in [5, 5.41) is 0. The number of hydrogen-bond acceptors (Lipinski definition) is 1. The van der Waals surface area contributed by atoms with E-state index in [0.717, 1.165) is 0 Å². The molecule has 3 nitrogen and oxygen atoms in total. The standard InChI is InChI=1S/C7H3F3.H3O3P/c8-5-3-1-2-4(5)7(10)6(3)9;1-4(2)3/h1-2,5H;4H,(H2,1,2,3). The molecule has 0 saturated carbocycles. The third-order valence-electron chi connectivity index (χ3n) is 1.69. The van der Waals surface area contributed by atoms with E-state index in [4.69, 9.17) is 14.4 Å². The van der Waals surface area contributed by atoms with Crippen LogP contribution < -0.4 is 0 Å². The molecule has 2 bridgehead atoms. The molecule has 14 heavy (non-hydrogen) atoms. The molecule has 0 atom stereocenters. The first-order valence-electron chi connectivity index (χ1n) is 3.49. The molecule has 0 spiro atoms. The number of hydrogen-bond donors (Lipinski definition) is 2.